The number of nitrogens with one attached hydrogen (secondary N) is 1. The zero-order chi connectivity index (χ0) is 25.9. The number of carbonyl (C=O) groups is 2. The second-order valence-electron chi connectivity index (χ2n) is 8.29. The van der Waals surface area contributed by atoms with Gasteiger partial charge in [-0.15, -0.1) is 0 Å². The van der Waals surface area contributed by atoms with Crippen molar-refractivity contribution in [2.24, 2.45) is 0 Å². The van der Waals surface area contributed by atoms with Crippen molar-refractivity contribution in [2.45, 2.75) is 13.5 Å². The summed E-state index contributed by atoms with van der Waals surface area (Å²) in [7, 11) is 1.56. The monoisotopic (exact) mass is 500 g/mol. The van der Waals surface area contributed by atoms with E-state index in [4.69, 9.17) is 18.9 Å². The number of ether oxygens (including phenoxy) is 4. The number of ketones is 1. The number of hydrogen-bond acceptors (Lipinski definition) is 7. The van der Waals surface area contributed by atoms with E-state index in [1.54, 1.807) is 72.3 Å². The number of hydrogen-bond donors (Lipinski definition) is 1. The van der Waals surface area contributed by atoms with Crippen molar-refractivity contribution in [1.29, 1.82) is 0 Å². The molecule has 0 fully saturated rings. The highest BCUT2D eigenvalue weighted by molar-refractivity contribution is 6.10. The van der Waals surface area contributed by atoms with Gasteiger partial charge in [0.25, 0.3) is 0 Å². The number of amides is 1. The molecule has 0 unspecified atom stereocenters. The number of fused-ring (bicyclic) bond motifs is 2. The van der Waals surface area contributed by atoms with Gasteiger partial charge in [-0.25, -0.2) is 0 Å². The third kappa shape index (κ3) is 4.84. The molecule has 1 aromatic heterocycles. The van der Waals surface area contributed by atoms with Gasteiger partial charge in [0.05, 0.1) is 30.2 Å². The van der Waals surface area contributed by atoms with E-state index in [2.05, 4.69) is 5.32 Å². The fraction of sp³-hybridized carbons (Fsp3) is 0.179. The first-order valence-corrected chi connectivity index (χ1v) is 11.6. The van der Waals surface area contributed by atoms with Gasteiger partial charge < -0.3 is 28.8 Å². The van der Waals surface area contributed by atoms with Gasteiger partial charge >= 0.3 is 0 Å². The van der Waals surface area contributed by atoms with E-state index < -0.39 is 11.2 Å². The Kier molecular flexibility index (Phi) is 6.51. The Labute approximate surface area is 212 Å². The summed E-state index contributed by atoms with van der Waals surface area (Å²) in [5.41, 5.74) is 0.837. The maximum absolute atomic E-state index is 13.4. The van der Waals surface area contributed by atoms with E-state index in [0.29, 0.717) is 46.4 Å². The zero-order valence-corrected chi connectivity index (χ0v) is 20.3. The van der Waals surface area contributed by atoms with E-state index in [1.165, 1.54) is 6.20 Å². The predicted octanol–water partition coefficient (Wildman–Crippen LogP) is 4.01. The molecular formula is C28H24N2O7. The van der Waals surface area contributed by atoms with Crippen LogP contribution in [0.25, 0.3) is 10.9 Å². The molecule has 188 valence electrons. The molecule has 1 aliphatic rings. The number of anilines is 1. The molecule has 1 amide bonds. The minimum absolute atomic E-state index is 0.0236. The normalized spacial score (nSPS) is 11.8. The molecule has 0 radical (unpaired) electrons. The maximum Gasteiger partial charge on any atom is 0.244 e. The van der Waals surface area contributed by atoms with Crippen LogP contribution in [0.5, 0.6) is 23.0 Å². The zero-order valence-electron chi connectivity index (χ0n) is 20.3. The first-order valence-electron chi connectivity index (χ1n) is 11.6. The molecule has 9 nitrogen and oxygen atoms in total. The summed E-state index contributed by atoms with van der Waals surface area (Å²) < 4.78 is 23.1. The third-order valence-corrected chi connectivity index (χ3v) is 5.93. The molecule has 9 heteroatoms. The lowest BCUT2D eigenvalue weighted by atomic mass is 10.0. The molecule has 3 aromatic carbocycles. The van der Waals surface area contributed by atoms with Crippen LogP contribution in [-0.4, -0.2) is 36.8 Å². The van der Waals surface area contributed by atoms with Gasteiger partial charge in [0, 0.05) is 23.5 Å². The van der Waals surface area contributed by atoms with Crippen LogP contribution in [0.3, 0.4) is 0 Å². The Morgan fingerprint density at radius 1 is 0.973 bits per heavy atom. The summed E-state index contributed by atoms with van der Waals surface area (Å²) in [4.78, 5) is 39.8. The van der Waals surface area contributed by atoms with Gasteiger partial charge in [0.2, 0.25) is 18.1 Å². The lowest BCUT2D eigenvalue weighted by Crippen LogP contribution is -2.24. The first kappa shape index (κ1) is 23.9. The van der Waals surface area contributed by atoms with E-state index in [9.17, 15) is 14.4 Å². The van der Waals surface area contributed by atoms with Crippen LogP contribution in [0.4, 0.5) is 5.69 Å². The number of pyridine rings is 1. The van der Waals surface area contributed by atoms with Gasteiger partial charge in [0.15, 0.2) is 17.3 Å². The third-order valence-electron chi connectivity index (χ3n) is 5.93. The Morgan fingerprint density at radius 2 is 1.65 bits per heavy atom. The first-order chi connectivity index (χ1) is 18.0. The van der Waals surface area contributed by atoms with Gasteiger partial charge in [-0.05, 0) is 61.5 Å². The number of methoxy groups -OCH3 is 1. The molecule has 37 heavy (non-hydrogen) atoms. The molecule has 4 aromatic rings. The average molecular weight is 501 g/mol. The molecule has 2 heterocycles. The Hall–Kier alpha value is -4.79. The number of carbonyl (C=O) groups excluding carboxylic acids is 2. The standard InChI is InChI=1S/C28H24N2O7/c1-3-35-20-8-4-17(5-9-20)27(32)22-14-30(15-26(31)29-18-6-10-19(34-2)11-7-18)23-13-25-24(36-16-37-25)12-21(23)28(22)33/h4-14H,3,15-16H2,1-2H3,(H,29,31). The number of rotatable bonds is 8. The molecular weight excluding hydrogens is 476 g/mol. The van der Waals surface area contributed by atoms with E-state index in [-0.39, 0.29) is 30.2 Å². The lowest BCUT2D eigenvalue weighted by Gasteiger charge is -2.14. The fourth-order valence-electron chi connectivity index (χ4n) is 4.13. The summed E-state index contributed by atoms with van der Waals surface area (Å²) in [5.74, 6) is 1.35. The van der Waals surface area contributed by atoms with Crippen molar-refractivity contribution in [3.05, 3.63) is 88.2 Å². The molecule has 1 N–H and O–H groups in total. The molecule has 1 aliphatic heterocycles. The summed E-state index contributed by atoms with van der Waals surface area (Å²) in [5, 5.41) is 3.07. The Balaban J connectivity index is 1.53. The molecule has 5 rings (SSSR count). The minimum Gasteiger partial charge on any atom is -0.497 e. The molecule has 0 bridgehead atoms. The van der Waals surface area contributed by atoms with Crippen molar-refractivity contribution < 1.29 is 28.5 Å². The maximum atomic E-state index is 13.4. The van der Waals surface area contributed by atoms with Crippen LogP contribution in [0.1, 0.15) is 22.8 Å². The highest BCUT2D eigenvalue weighted by atomic mass is 16.7. The molecule has 0 saturated carbocycles. The largest absolute Gasteiger partial charge is 0.497 e. The second kappa shape index (κ2) is 10.1. The summed E-state index contributed by atoms with van der Waals surface area (Å²) >= 11 is 0. The van der Waals surface area contributed by atoms with Crippen LogP contribution in [-0.2, 0) is 11.3 Å². The quantitative estimate of drug-likeness (QED) is 0.365. The fourth-order valence-corrected chi connectivity index (χ4v) is 4.13. The van der Waals surface area contributed by atoms with Crippen LogP contribution in [0, 0.1) is 0 Å². The molecule has 0 aliphatic carbocycles. The lowest BCUT2D eigenvalue weighted by molar-refractivity contribution is -0.116. The summed E-state index contributed by atoms with van der Waals surface area (Å²) in [6, 6.07) is 16.7. The minimum atomic E-state index is -0.461. The van der Waals surface area contributed by atoms with Crippen LogP contribution >= 0.6 is 0 Å². The van der Waals surface area contributed by atoms with Crippen molar-refractivity contribution in [3.8, 4) is 23.0 Å². The van der Waals surface area contributed by atoms with Crippen LogP contribution in [0.2, 0.25) is 0 Å². The smallest absolute Gasteiger partial charge is 0.244 e. The van der Waals surface area contributed by atoms with Crippen LogP contribution in [0.15, 0.2) is 71.7 Å². The van der Waals surface area contributed by atoms with Crippen molar-refractivity contribution in [3.63, 3.8) is 0 Å². The van der Waals surface area contributed by atoms with E-state index >= 15 is 0 Å². The van der Waals surface area contributed by atoms with Gasteiger partial charge in [-0.2, -0.15) is 0 Å². The van der Waals surface area contributed by atoms with E-state index in [1.807, 2.05) is 6.92 Å². The molecule has 0 spiro atoms. The van der Waals surface area contributed by atoms with Crippen molar-refractivity contribution in [1.82, 2.24) is 4.57 Å². The molecule has 0 atom stereocenters. The van der Waals surface area contributed by atoms with Crippen molar-refractivity contribution >= 4 is 28.3 Å². The number of nitrogens with zero attached hydrogens (tertiary/aromatic N) is 1. The SMILES string of the molecule is CCOc1ccc(C(=O)c2cn(CC(=O)Nc3ccc(OC)cc3)c3cc4c(cc3c2=O)OCO4)cc1. The second-order valence-corrected chi connectivity index (χ2v) is 8.29. The van der Waals surface area contributed by atoms with Crippen LogP contribution < -0.4 is 29.7 Å². The average Bonchev–Trinajstić information content (AvgIpc) is 3.38. The van der Waals surface area contributed by atoms with Gasteiger partial charge in [0.1, 0.15) is 18.0 Å². The predicted molar refractivity (Wildman–Crippen MR) is 137 cm³/mol. The summed E-state index contributed by atoms with van der Waals surface area (Å²) in [6.45, 7) is 2.24. The van der Waals surface area contributed by atoms with Crippen molar-refractivity contribution in [2.75, 3.05) is 25.8 Å². The number of aromatic nitrogens is 1. The Bertz CT molecular complexity index is 1540. The Morgan fingerprint density at radius 3 is 2.32 bits per heavy atom. The highest BCUT2D eigenvalue weighted by Crippen LogP contribution is 2.35. The topological polar surface area (TPSA) is 105 Å². The summed E-state index contributed by atoms with van der Waals surface area (Å²) in [6.07, 6.45) is 1.42. The van der Waals surface area contributed by atoms with Gasteiger partial charge in [-0.3, -0.25) is 14.4 Å². The number of benzene rings is 3. The van der Waals surface area contributed by atoms with Gasteiger partial charge in [-0.1, -0.05) is 0 Å². The van der Waals surface area contributed by atoms with E-state index in [0.717, 1.165) is 0 Å². The molecule has 0 saturated heterocycles. The highest BCUT2D eigenvalue weighted by Gasteiger charge is 2.22.